The van der Waals surface area contributed by atoms with Gasteiger partial charge in [0, 0.05) is 41.9 Å². The van der Waals surface area contributed by atoms with Gasteiger partial charge < -0.3 is 16.0 Å². The highest BCUT2D eigenvalue weighted by Crippen LogP contribution is 2.28. The fourth-order valence-electron chi connectivity index (χ4n) is 3.80. The van der Waals surface area contributed by atoms with Gasteiger partial charge in [0.1, 0.15) is 11.6 Å². The zero-order valence-electron chi connectivity index (χ0n) is 17.3. The van der Waals surface area contributed by atoms with Crippen LogP contribution in [0.5, 0.6) is 0 Å². The third-order valence-electron chi connectivity index (χ3n) is 5.07. The van der Waals surface area contributed by atoms with Crippen molar-refractivity contribution in [1.29, 1.82) is 0 Å². The van der Waals surface area contributed by atoms with E-state index in [4.69, 9.17) is 0 Å². The zero-order valence-corrected chi connectivity index (χ0v) is 17.3. The summed E-state index contributed by atoms with van der Waals surface area (Å²) in [5, 5.41) is 11.1. The summed E-state index contributed by atoms with van der Waals surface area (Å²) in [6.45, 7) is 9.40. The maximum Gasteiger partial charge on any atom is 0.228 e. The number of pyridine rings is 2. The van der Waals surface area contributed by atoms with E-state index in [1.54, 1.807) is 12.3 Å². The molecule has 2 atom stereocenters. The summed E-state index contributed by atoms with van der Waals surface area (Å²) >= 11 is 0. The molecule has 1 fully saturated rings. The monoisotopic (exact) mass is 395 g/mol. The lowest BCUT2D eigenvalue weighted by atomic mass is 9.85. The number of rotatable bonds is 6. The molecule has 0 aromatic carbocycles. The Morgan fingerprint density at radius 1 is 1.28 bits per heavy atom. The fraction of sp³-hybridized carbons (Fsp3) is 0.455. The van der Waals surface area contributed by atoms with E-state index in [9.17, 15) is 9.59 Å². The molecule has 0 radical (unpaired) electrons. The second-order valence-electron chi connectivity index (χ2n) is 7.94. The van der Waals surface area contributed by atoms with Crippen molar-refractivity contribution in [3.63, 3.8) is 0 Å². The number of aromatic nitrogens is 2. The summed E-state index contributed by atoms with van der Waals surface area (Å²) in [5.41, 5.74) is 0.769. The van der Waals surface area contributed by atoms with Gasteiger partial charge >= 0.3 is 0 Å². The number of fused-ring (bicyclic) bond motifs is 1. The van der Waals surface area contributed by atoms with Crippen LogP contribution >= 0.6 is 0 Å². The highest BCUT2D eigenvalue weighted by atomic mass is 16.2. The average Bonchev–Trinajstić information content (AvgIpc) is 2.67. The number of hydrogen-bond donors (Lipinski definition) is 3. The Balaban J connectivity index is 1.80. The molecule has 1 aliphatic carbocycles. The van der Waals surface area contributed by atoms with Crippen molar-refractivity contribution in [1.82, 2.24) is 15.3 Å². The average molecular weight is 396 g/mol. The number of amides is 2. The van der Waals surface area contributed by atoms with Gasteiger partial charge in [0.15, 0.2) is 0 Å². The van der Waals surface area contributed by atoms with E-state index >= 15 is 0 Å². The molecule has 0 aliphatic heterocycles. The van der Waals surface area contributed by atoms with Gasteiger partial charge in [-0.3, -0.25) is 9.59 Å². The van der Waals surface area contributed by atoms with Crippen LogP contribution in [-0.4, -0.2) is 33.9 Å². The van der Waals surface area contributed by atoms with Crippen molar-refractivity contribution in [3.05, 3.63) is 30.6 Å². The first-order chi connectivity index (χ1) is 13.9. The third kappa shape index (κ3) is 5.31. The Kier molecular flexibility index (Phi) is 6.46. The number of carbonyl (C=O) groups excluding carboxylic acids is 2. The van der Waals surface area contributed by atoms with E-state index in [2.05, 4.69) is 32.5 Å². The van der Waals surface area contributed by atoms with Crippen LogP contribution < -0.4 is 16.0 Å². The molecule has 7 heteroatoms. The Morgan fingerprint density at radius 3 is 2.76 bits per heavy atom. The minimum Gasteiger partial charge on any atom is -0.367 e. The third-order valence-corrected chi connectivity index (χ3v) is 5.07. The predicted molar refractivity (Wildman–Crippen MR) is 117 cm³/mol. The fourth-order valence-corrected chi connectivity index (χ4v) is 3.80. The minimum atomic E-state index is -0.132. The standard InChI is InChI=1S/C22H29N5O2/c1-5-17-10-16-12-23-20(11-19(16)21(26-17)24-13(2)3)27-22(29)15-7-6-8-18(9-15)25-14(4)28/h5,10-13,15,18H,1,6-9H2,2-4H3,(H,24,26)(H,25,28)(H,23,27,29)/t15-,18+/m0/s1. The number of nitrogens with zero attached hydrogens (tertiary/aromatic N) is 2. The molecule has 0 bridgehead atoms. The lowest BCUT2D eigenvalue weighted by Gasteiger charge is -2.28. The van der Waals surface area contributed by atoms with Crippen LogP contribution in [0.1, 0.15) is 52.1 Å². The van der Waals surface area contributed by atoms with Gasteiger partial charge in [-0.05, 0) is 51.3 Å². The van der Waals surface area contributed by atoms with Gasteiger partial charge in [-0.1, -0.05) is 13.0 Å². The van der Waals surface area contributed by atoms with Crippen molar-refractivity contribution in [3.8, 4) is 0 Å². The van der Waals surface area contributed by atoms with Crippen molar-refractivity contribution in [2.75, 3.05) is 10.6 Å². The molecule has 154 valence electrons. The van der Waals surface area contributed by atoms with Gasteiger partial charge in [-0.15, -0.1) is 0 Å². The quantitative estimate of drug-likeness (QED) is 0.693. The Morgan fingerprint density at radius 2 is 2.07 bits per heavy atom. The molecule has 1 aliphatic rings. The van der Waals surface area contributed by atoms with E-state index < -0.39 is 0 Å². The zero-order chi connectivity index (χ0) is 21.0. The number of hydrogen-bond acceptors (Lipinski definition) is 5. The Hall–Kier alpha value is -2.96. The molecule has 0 spiro atoms. The van der Waals surface area contributed by atoms with Crippen LogP contribution in [0.3, 0.4) is 0 Å². The highest BCUT2D eigenvalue weighted by Gasteiger charge is 2.28. The second-order valence-corrected chi connectivity index (χ2v) is 7.94. The number of anilines is 2. The molecule has 1 saturated carbocycles. The topological polar surface area (TPSA) is 96.0 Å². The summed E-state index contributed by atoms with van der Waals surface area (Å²) in [4.78, 5) is 33.1. The van der Waals surface area contributed by atoms with Crippen LogP contribution in [-0.2, 0) is 9.59 Å². The second kappa shape index (κ2) is 9.03. The first kappa shape index (κ1) is 20.8. The summed E-state index contributed by atoms with van der Waals surface area (Å²) in [6.07, 6.45) is 6.76. The lowest BCUT2D eigenvalue weighted by molar-refractivity contribution is -0.123. The number of carbonyl (C=O) groups is 2. The van der Waals surface area contributed by atoms with E-state index in [0.29, 0.717) is 12.2 Å². The highest BCUT2D eigenvalue weighted by molar-refractivity contribution is 5.98. The number of nitrogens with one attached hydrogen (secondary N) is 3. The smallest absolute Gasteiger partial charge is 0.228 e. The molecule has 0 saturated heterocycles. The maximum absolute atomic E-state index is 12.8. The van der Waals surface area contributed by atoms with Gasteiger partial charge in [0.05, 0.1) is 5.69 Å². The van der Waals surface area contributed by atoms with E-state index in [0.717, 1.165) is 41.5 Å². The summed E-state index contributed by atoms with van der Waals surface area (Å²) in [5.74, 6) is 1.01. The lowest BCUT2D eigenvalue weighted by Crippen LogP contribution is -2.40. The molecular formula is C22H29N5O2. The molecule has 3 N–H and O–H groups in total. The molecule has 29 heavy (non-hydrogen) atoms. The summed E-state index contributed by atoms with van der Waals surface area (Å²) in [6, 6.07) is 4.05. The van der Waals surface area contributed by atoms with Gasteiger partial charge in [0.2, 0.25) is 11.8 Å². The first-order valence-electron chi connectivity index (χ1n) is 10.1. The maximum atomic E-state index is 12.8. The molecular weight excluding hydrogens is 366 g/mol. The summed E-state index contributed by atoms with van der Waals surface area (Å²) in [7, 11) is 0. The van der Waals surface area contributed by atoms with Crippen molar-refractivity contribution >= 4 is 40.3 Å². The van der Waals surface area contributed by atoms with Gasteiger partial charge in [-0.2, -0.15) is 0 Å². The molecule has 7 nitrogen and oxygen atoms in total. The molecule has 2 amide bonds. The van der Waals surface area contributed by atoms with Crippen molar-refractivity contribution in [2.45, 2.75) is 58.5 Å². The van der Waals surface area contributed by atoms with Crippen LogP contribution in [0.4, 0.5) is 11.6 Å². The minimum absolute atomic E-state index is 0.0520. The predicted octanol–water partition coefficient (Wildman–Crippen LogP) is 3.73. The van der Waals surface area contributed by atoms with Crippen molar-refractivity contribution < 1.29 is 9.59 Å². The van der Waals surface area contributed by atoms with Crippen LogP contribution in [0.25, 0.3) is 16.8 Å². The van der Waals surface area contributed by atoms with E-state index in [1.165, 1.54) is 6.92 Å². The molecule has 0 unspecified atom stereocenters. The van der Waals surface area contributed by atoms with Crippen LogP contribution in [0.2, 0.25) is 0 Å². The van der Waals surface area contributed by atoms with Crippen molar-refractivity contribution in [2.24, 2.45) is 5.92 Å². The largest absolute Gasteiger partial charge is 0.367 e. The molecule has 2 heterocycles. The van der Waals surface area contributed by atoms with E-state index in [-0.39, 0.29) is 29.8 Å². The van der Waals surface area contributed by atoms with Gasteiger partial charge in [0.25, 0.3) is 0 Å². The molecule has 3 rings (SSSR count). The van der Waals surface area contributed by atoms with Gasteiger partial charge in [-0.25, -0.2) is 9.97 Å². The SMILES string of the molecule is C=Cc1cc2cnc(NC(=O)[C@H]3CCC[C@@H](NC(C)=O)C3)cc2c(NC(C)C)n1. The molecule has 2 aromatic heterocycles. The first-order valence-corrected chi connectivity index (χ1v) is 10.1. The Bertz CT molecular complexity index is 925. The van der Waals surface area contributed by atoms with Crippen LogP contribution in [0, 0.1) is 5.92 Å². The normalized spacial score (nSPS) is 19.0. The molecule has 2 aromatic rings. The summed E-state index contributed by atoms with van der Waals surface area (Å²) < 4.78 is 0. The van der Waals surface area contributed by atoms with E-state index in [1.807, 2.05) is 26.0 Å². The van der Waals surface area contributed by atoms with Crippen LogP contribution in [0.15, 0.2) is 24.9 Å². The Labute approximate surface area is 171 Å².